The Morgan fingerprint density at radius 1 is 1.43 bits per heavy atom. The quantitative estimate of drug-likeness (QED) is 0.692. The lowest BCUT2D eigenvalue weighted by atomic mass is 10.1. The number of ether oxygens (including phenoxy) is 1. The number of carbonyl (C=O) groups excluding carboxylic acids is 1. The summed E-state index contributed by atoms with van der Waals surface area (Å²) in [5, 5.41) is 0.113. The first kappa shape index (κ1) is 9.56. The Hall–Kier alpha value is -0.990. The zero-order valence-electron chi connectivity index (χ0n) is 7.09. The van der Waals surface area contributed by atoms with Crippen molar-refractivity contribution in [2.45, 2.75) is 0 Å². The van der Waals surface area contributed by atoms with Crippen LogP contribution in [-0.2, 0) is 4.79 Å². The lowest BCUT2D eigenvalue weighted by molar-refractivity contribution is -0.108. The van der Waals surface area contributed by atoms with Crippen LogP contribution in [0.4, 0.5) is 0 Å². The van der Waals surface area contributed by atoms with Gasteiger partial charge in [-0.3, -0.25) is 4.79 Å². The van der Waals surface area contributed by atoms with Crippen LogP contribution in [-0.4, -0.2) is 11.8 Å². The molecule has 0 fully saturated rings. The highest BCUT2D eigenvalue weighted by Gasteiger charge is 2.15. The predicted octanol–water partition coefficient (Wildman–Crippen LogP) is 2.88. The van der Waals surface area contributed by atoms with Crippen LogP contribution in [0, 0.1) is 0 Å². The zero-order chi connectivity index (χ0) is 10.1. The van der Waals surface area contributed by atoms with E-state index in [1.165, 1.54) is 0 Å². The van der Waals surface area contributed by atoms with E-state index in [4.69, 9.17) is 27.9 Å². The van der Waals surface area contributed by atoms with E-state index in [9.17, 15) is 4.79 Å². The first-order valence-electron chi connectivity index (χ1n) is 3.99. The summed E-state index contributed by atoms with van der Waals surface area (Å²) in [5.41, 5.74) is 1.23. The van der Waals surface area contributed by atoms with Crippen molar-refractivity contribution < 1.29 is 9.53 Å². The minimum absolute atomic E-state index is 0.219. The summed E-state index contributed by atoms with van der Waals surface area (Å²) >= 11 is 11.1. The van der Waals surface area contributed by atoms with Gasteiger partial charge in [0.1, 0.15) is 12.4 Å². The fourth-order valence-corrected chi connectivity index (χ4v) is 1.55. The van der Waals surface area contributed by atoms with Crippen LogP contribution in [0.15, 0.2) is 23.8 Å². The van der Waals surface area contributed by atoms with E-state index in [2.05, 4.69) is 0 Å². The first-order chi connectivity index (χ1) is 6.66. The molecular weight excluding hydrogens is 223 g/mol. The molecule has 0 saturated carbocycles. The molecule has 0 radical (unpaired) electrons. The van der Waals surface area contributed by atoms with E-state index in [-0.39, 0.29) is 6.61 Å². The molecule has 0 N–H and O–H groups in total. The van der Waals surface area contributed by atoms with Gasteiger partial charge in [0.25, 0.3) is 5.24 Å². The van der Waals surface area contributed by atoms with E-state index in [0.29, 0.717) is 10.6 Å². The van der Waals surface area contributed by atoms with Gasteiger partial charge in [-0.15, -0.1) is 0 Å². The minimum Gasteiger partial charge on any atom is -0.488 e. The Bertz CT molecular complexity index is 424. The van der Waals surface area contributed by atoms with Crippen LogP contribution in [0.25, 0.3) is 6.08 Å². The first-order valence-corrected chi connectivity index (χ1v) is 4.75. The summed E-state index contributed by atoms with van der Waals surface area (Å²) < 4.78 is 5.32. The van der Waals surface area contributed by atoms with E-state index >= 15 is 0 Å². The molecule has 0 bridgehead atoms. The maximum Gasteiger partial charge on any atom is 0.251 e. The molecular formula is C10H6Cl2O2. The predicted molar refractivity (Wildman–Crippen MR) is 55.8 cm³/mol. The number of carbonyl (C=O) groups is 1. The summed E-state index contributed by atoms with van der Waals surface area (Å²) in [6.45, 7) is 0.219. The van der Waals surface area contributed by atoms with Crippen LogP contribution in [0.3, 0.4) is 0 Å². The van der Waals surface area contributed by atoms with Crippen molar-refractivity contribution in [3.63, 3.8) is 0 Å². The average molecular weight is 229 g/mol. The number of benzene rings is 1. The summed E-state index contributed by atoms with van der Waals surface area (Å²) in [4.78, 5) is 10.9. The third kappa shape index (κ3) is 1.76. The largest absolute Gasteiger partial charge is 0.488 e. The number of hydrogen-bond acceptors (Lipinski definition) is 2. The fraction of sp³-hybridized carbons (Fsp3) is 0.100. The highest BCUT2D eigenvalue weighted by molar-refractivity contribution is 6.68. The molecule has 0 amide bonds. The second kappa shape index (κ2) is 3.64. The van der Waals surface area contributed by atoms with Crippen LogP contribution in [0.2, 0.25) is 5.02 Å². The van der Waals surface area contributed by atoms with Crippen molar-refractivity contribution in [3.05, 3.63) is 34.4 Å². The van der Waals surface area contributed by atoms with Crippen LogP contribution >= 0.6 is 23.2 Å². The minimum atomic E-state index is -0.490. The third-order valence-electron chi connectivity index (χ3n) is 1.94. The molecule has 1 aliphatic heterocycles. The maximum absolute atomic E-state index is 10.9. The fourth-order valence-electron chi connectivity index (χ4n) is 1.26. The number of halogens is 2. The Morgan fingerprint density at radius 3 is 2.93 bits per heavy atom. The molecule has 14 heavy (non-hydrogen) atoms. The number of hydrogen-bond donors (Lipinski definition) is 0. The molecule has 0 unspecified atom stereocenters. The second-order valence-electron chi connectivity index (χ2n) is 2.91. The molecule has 0 spiro atoms. The van der Waals surface area contributed by atoms with Gasteiger partial charge in [-0.05, 0) is 35.9 Å². The molecule has 72 valence electrons. The molecule has 1 aliphatic rings. The summed E-state index contributed by atoms with van der Waals surface area (Å²) in [7, 11) is 0. The normalized spacial score (nSPS) is 14.0. The van der Waals surface area contributed by atoms with Crippen LogP contribution < -0.4 is 4.74 Å². The van der Waals surface area contributed by atoms with Gasteiger partial charge < -0.3 is 4.74 Å². The lowest BCUT2D eigenvalue weighted by Crippen LogP contribution is -2.11. The molecule has 0 aliphatic carbocycles. The molecule has 0 aromatic heterocycles. The van der Waals surface area contributed by atoms with Gasteiger partial charge in [-0.25, -0.2) is 0 Å². The van der Waals surface area contributed by atoms with Gasteiger partial charge >= 0.3 is 0 Å². The standard InChI is InChI=1S/C10H6Cl2O2/c11-8-1-2-9-6(4-8)3-7(5-14-9)10(12)13/h1-4H,5H2. The smallest absolute Gasteiger partial charge is 0.251 e. The van der Waals surface area contributed by atoms with Crippen molar-refractivity contribution in [2.24, 2.45) is 0 Å². The summed E-state index contributed by atoms with van der Waals surface area (Å²) in [5.74, 6) is 0.719. The molecule has 1 heterocycles. The van der Waals surface area contributed by atoms with Crippen molar-refractivity contribution in [3.8, 4) is 5.75 Å². The Kier molecular flexibility index (Phi) is 2.48. The van der Waals surface area contributed by atoms with Crippen molar-refractivity contribution in [1.29, 1.82) is 0 Å². The number of rotatable bonds is 1. The number of fused-ring (bicyclic) bond motifs is 1. The average Bonchev–Trinajstić information content (AvgIpc) is 2.16. The van der Waals surface area contributed by atoms with Gasteiger partial charge in [0, 0.05) is 16.2 Å². The van der Waals surface area contributed by atoms with E-state index in [0.717, 1.165) is 11.3 Å². The summed E-state index contributed by atoms with van der Waals surface area (Å²) in [6, 6.07) is 5.24. The SMILES string of the molecule is O=C(Cl)C1=Cc2cc(Cl)ccc2OC1. The second-order valence-corrected chi connectivity index (χ2v) is 3.69. The molecule has 0 saturated heterocycles. The van der Waals surface area contributed by atoms with Gasteiger partial charge in [0.05, 0.1) is 0 Å². The van der Waals surface area contributed by atoms with E-state index in [1.54, 1.807) is 24.3 Å². The van der Waals surface area contributed by atoms with Crippen LogP contribution in [0.1, 0.15) is 5.56 Å². The van der Waals surface area contributed by atoms with Crippen LogP contribution in [0.5, 0.6) is 5.75 Å². The van der Waals surface area contributed by atoms with Crippen molar-refractivity contribution in [2.75, 3.05) is 6.61 Å². The summed E-state index contributed by atoms with van der Waals surface area (Å²) in [6.07, 6.45) is 1.69. The molecule has 2 rings (SSSR count). The van der Waals surface area contributed by atoms with E-state index < -0.39 is 5.24 Å². The Balaban J connectivity index is 2.47. The third-order valence-corrected chi connectivity index (χ3v) is 2.42. The Labute approximate surface area is 91.1 Å². The van der Waals surface area contributed by atoms with E-state index in [1.807, 2.05) is 0 Å². The highest BCUT2D eigenvalue weighted by atomic mass is 35.5. The topological polar surface area (TPSA) is 26.3 Å². The van der Waals surface area contributed by atoms with Gasteiger partial charge in [0.15, 0.2) is 0 Å². The van der Waals surface area contributed by atoms with Crippen molar-refractivity contribution >= 4 is 34.5 Å². The molecule has 1 aromatic rings. The van der Waals surface area contributed by atoms with Gasteiger partial charge in [0.2, 0.25) is 0 Å². The van der Waals surface area contributed by atoms with Gasteiger partial charge in [-0.1, -0.05) is 11.6 Å². The molecule has 1 aromatic carbocycles. The highest BCUT2D eigenvalue weighted by Crippen LogP contribution is 2.29. The Morgan fingerprint density at radius 2 is 2.21 bits per heavy atom. The lowest BCUT2D eigenvalue weighted by Gasteiger charge is -2.15. The molecule has 4 heteroatoms. The monoisotopic (exact) mass is 228 g/mol. The van der Waals surface area contributed by atoms with Gasteiger partial charge in [-0.2, -0.15) is 0 Å². The molecule has 2 nitrogen and oxygen atoms in total. The maximum atomic E-state index is 10.9. The zero-order valence-corrected chi connectivity index (χ0v) is 8.60. The van der Waals surface area contributed by atoms with Crippen molar-refractivity contribution in [1.82, 2.24) is 0 Å². The molecule has 0 atom stereocenters.